The van der Waals surface area contributed by atoms with Crippen molar-refractivity contribution in [2.45, 2.75) is 0 Å². The van der Waals surface area contributed by atoms with E-state index in [4.69, 9.17) is 107 Å². The molecule has 0 aromatic carbocycles. The SMILES string of the molecule is O=[N+]([O-])[O-].O=[N+]([O-])[O-].O=[N+]([O-])[O-].O=[N+]([O-])[O-].O=[N+]([O-])[O-].O=[N+]([O-])[O-].O=[N+]([O-])[O-].[NH4+].[NH4+].[NH4+].[NH4+].[NH4+].[NH4+].[NH4+]. The van der Waals surface area contributed by atoms with E-state index in [9.17, 15) is 0 Å². The Morgan fingerprint density at radius 1 is 0.200 bits per heavy atom. The third kappa shape index (κ3) is 555. The molecule has 0 aliphatic heterocycles. The lowest BCUT2D eigenvalue weighted by atomic mass is 13.1. The van der Waals surface area contributed by atoms with Crippen molar-refractivity contribution in [2.75, 3.05) is 0 Å². The summed E-state index contributed by atoms with van der Waals surface area (Å²) in [5.74, 6) is 0. The van der Waals surface area contributed by atoms with Gasteiger partial charge in [-0.25, -0.2) is 0 Å². The van der Waals surface area contributed by atoms with E-state index in [0.29, 0.717) is 0 Å². The minimum absolute atomic E-state index is 0. The highest BCUT2D eigenvalue weighted by Crippen LogP contribution is 1.46. The van der Waals surface area contributed by atoms with Gasteiger partial charge in [0.15, 0.2) is 0 Å². The summed E-state index contributed by atoms with van der Waals surface area (Å²) in [6.07, 6.45) is 0. The fraction of sp³-hybridized carbons (Fsp3) is 0. The Labute approximate surface area is 187 Å². The molecule has 35 heteroatoms. The summed E-state index contributed by atoms with van der Waals surface area (Å²) in [7, 11) is 0. The molecule has 0 aromatic rings. The van der Waals surface area contributed by atoms with Gasteiger partial charge in [-0.3, -0.25) is 0 Å². The maximum absolute atomic E-state index is 8.25. The molecule has 0 saturated heterocycles. The van der Waals surface area contributed by atoms with Crippen LogP contribution in [0.5, 0.6) is 0 Å². The first kappa shape index (κ1) is 101. The average molecular weight is 560 g/mol. The molecule has 0 rings (SSSR count). The quantitative estimate of drug-likeness (QED) is 0.160. The van der Waals surface area contributed by atoms with E-state index in [0.717, 1.165) is 0 Å². The lowest BCUT2D eigenvalue weighted by molar-refractivity contribution is -0.403. The van der Waals surface area contributed by atoms with E-state index in [-0.39, 0.29) is 43.1 Å². The number of hydrogen-bond donors (Lipinski definition) is 7. The first-order chi connectivity index (χ1) is 12.1. The lowest BCUT2D eigenvalue weighted by Crippen LogP contribution is -1.74. The summed E-state index contributed by atoms with van der Waals surface area (Å²) in [5, 5.41) is 103. The van der Waals surface area contributed by atoms with Crippen molar-refractivity contribution in [1.29, 1.82) is 0 Å². The van der Waals surface area contributed by atoms with Gasteiger partial charge in [0.1, 0.15) is 0 Å². The molecular weight excluding hydrogens is 532 g/mol. The standard InChI is InChI=1S/7NO3.7H3N/c7*2-1(3)4;;;;;;;/h;;;;;;;7*1H3/q7*-1;;;;;;;/p+7. The normalized spacial score (nSPS) is 4.80. The number of nitrogens with zero attached hydrogens (tertiary/aromatic N) is 7. The molecule has 0 bridgehead atoms. The minimum atomic E-state index is -1.75. The van der Waals surface area contributed by atoms with Gasteiger partial charge < -0.3 is 150 Å². The van der Waals surface area contributed by atoms with Gasteiger partial charge in [-0.2, -0.15) is 0 Å². The van der Waals surface area contributed by atoms with E-state index in [1.165, 1.54) is 0 Å². The highest BCUT2D eigenvalue weighted by Gasteiger charge is 1.47. The molecule has 0 amide bonds. The van der Waals surface area contributed by atoms with Crippen LogP contribution >= 0.6 is 0 Å². The van der Waals surface area contributed by atoms with Gasteiger partial charge in [-0.05, 0) is 0 Å². The van der Waals surface area contributed by atoms with E-state index in [2.05, 4.69) is 0 Å². The van der Waals surface area contributed by atoms with Gasteiger partial charge in [-0.1, -0.05) is 0 Å². The summed E-state index contributed by atoms with van der Waals surface area (Å²) >= 11 is 0. The molecule has 0 heterocycles. The van der Waals surface area contributed by atoms with Crippen LogP contribution in [0.1, 0.15) is 0 Å². The summed E-state index contributed by atoms with van der Waals surface area (Å²) in [6.45, 7) is 0. The van der Waals surface area contributed by atoms with Gasteiger partial charge >= 0.3 is 0 Å². The predicted octanol–water partition coefficient (Wildman–Crippen LogP) is 0.960. The Balaban J connectivity index is -0.0000000119. The molecule has 35 nitrogen and oxygen atoms in total. The summed E-state index contributed by atoms with van der Waals surface area (Å²) in [4.78, 5) is 57.8. The summed E-state index contributed by atoms with van der Waals surface area (Å²) in [6, 6.07) is 0. The van der Waals surface area contributed by atoms with Gasteiger partial charge in [-0.15, -0.1) is 0 Å². The molecule has 28 N–H and O–H groups in total. The van der Waals surface area contributed by atoms with Crippen molar-refractivity contribution in [3.05, 3.63) is 107 Å². The van der Waals surface area contributed by atoms with Crippen molar-refractivity contribution >= 4 is 0 Å². The fourth-order valence-corrected chi connectivity index (χ4v) is 0. The molecule has 0 unspecified atom stereocenters. The molecule has 0 saturated carbocycles. The molecule has 35 heavy (non-hydrogen) atoms. The predicted molar refractivity (Wildman–Crippen MR) is 114 cm³/mol. The molecule has 0 spiro atoms. The van der Waals surface area contributed by atoms with Crippen molar-refractivity contribution in [3.8, 4) is 0 Å². The van der Waals surface area contributed by atoms with Gasteiger partial charge in [0.25, 0.3) is 0 Å². The second-order valence-electron chi connectivity index (χ2n) is 1.57. The van der Waals surface area contributed by atoms with E-state index in [1.807, 2.05) is 0 Å². The van der Waals surface area contributed by atoms with Crippen LogP contribution in [0.4, 0.5) is 0 Å². The van der Waals surface area contributed by atoms with E-state index in [1.54, 1.807) is 0 Å². The van der Waals surface area contributed by atoms with Crippen LogP contribution in [0.3, 0.4) is 0 Å². The zero-order valence-corrected chi connectivity index (χ0v) is 18.7. The van der Waals surface area contributed by atoms with Crippen LogP contribution in [0.15, 0.2) is 0 Å². The van der Waals surface area contributed by atoms with Crippen LogP contribution in [0.2, 0.25) is 0 Å². The highest BCUT2D eigenvalue weighted by atomic mass is 16.9. The van der Waals surface area contributed by atoms with Gasteiger partial charge in [0.2, 0.25) is 0 Å². The van der Waals surface area contributed by atoms with Crippen LogP contribution in [-0.4, -0.2) is 35.6 Å². The zero-order chi connectivity index (χ0) is 25.0. The van der Waals surface area contributed by atoms with Crippen molar-refractivity contribution in [1.82, 2.24) is 43.1 Å². The second-order valence-corrected chi connectivity index (χ2v) is 1.57. The third-order valence-electron chi connectivity index (χ3n) is 0. The van der Waals surface area contributed by atoms with Gasteiger partial charge in [0, 0.05) is 0 Å². The molecule has 0 radical (unpaired) electrons. The maximum Gasteiger partial charge on any atom is 0.0689 e. The first-order valence-corrected chi connectivity index (χ1v) is 3.83. The van der Waals surface area contributed by atoms with Crippen LogP contribution in [0, 0.1) is 107 Å². The summed E-state index contributed by atoms with van der Waals surface area (Å²) < 4.78 is 0. The molecular formula is H28N14O21. The molecule has 0 aromatic heterocycles. The number of hydrogen-bond acceptors (Lipinski definition) is 21. The fourth-order valence-electron chi connectivity index (χ4n) is 0. The molecule has 0 atom stereocenters. The zero-order valence-electron chi connectivity index (χ0n) is 18.7. The average Bonchev–Trinajstić information content (AvgIpc) is 2.20. The Morgan fingerprint density at radius 3 is 0.200 bits per heavy atom. The van der Waals surface area contributed by atoms with Crippen LogP contribution < -0.4 is 43.1 Å². The molecule has 0 aliphatic rings. The second kappa shape index (κ2) is 90.5. The van der Waals surface area contributed by atoms with E-state index < -0.39 is 35.6 Å². The van der Waals surface area contributed by atoms with Crippen LogP contribution in [-0.2, 0) is 0 Å². The molecule has 0 fully saturated rings. The topological polar surface area (TPSA) is 719 Å². The molecule has 0 aliphatic carbocycles. The summed E-state index contributed by atoms with van der Waals surface area (Å²) in [5.41, 5.74) is 0. The minimum Gasteiger partial charge on any atom is -0.369 e. The third-order valence-corrected chi connectivity index (χ3v) is 0. The number of quaternary nitrogens is 7. The Hall–Kier alpha value is -5.88. The van der Waals surface area contributed by atoms with Crippen LogP contribution in [0.25, 0.3) is 0 Å². The largest absolute Gasteiger partial charge is 0.369 e. The molecule has 224 valence electrons. The van der Waals surface area contributed by atoms with Crippen molar-refractivity contribution in [3.63, 3.8) is 0 Å². The van der Waals surface area contributed by atoms with Gasteiger partial charge in [0.05, 0.1) is 35.6 Å². The monoisotopic (exact) mass is 560 g/mol. The Kier molecular flexibility index (Phi) is 260. The Morgan fingerprint density at radius 2 is 0.200 bits per heavy atom. The number of rotatable bonds is 0. The van der Waals surface area contributed by atoms with E-state index >= 15 is 0 Å². The first-order valence-electron chi connectivity index (χ1n) is 3.83. The van der Waals surface area contributed by atoms with Crippen molar-refractivity contribution < 1.29 is 35.6 Å². The van der Waals surface area contributed by atoms with Crippen molar-refractivity contribution in [2.24, 2.45) is 0 Å². The smallest absolute Gasteiger partial charge is 0.0689 e. The lowest BCUT2D eigenvalue weighted by Gasteiger charge is -1.74. The maximum atomic E-state index is 8.25. The Bertz CT molecular complexity index is 313. The highest BCUT2D eigenvalue weighted by molar-refractivity contribution is 4.06.